The number of carbonyl (C=O) groups excluding carboxylic acids is 1. The molecule has 12 heavy (non-hydrogen) atoms. The van der Waals surface area contributed by atoms with Gasteiger partial charge in [0.25, 0.3) is 0 Å². The SMILES string of the molecule is CC(=O)/C=C/C1CC=C(C)CC1. The second kappa shape index (κ2) is 4.24. The number of ketones is 1. The van der Waals surface area contributed by atoms with Gasteiger partial charge in [-0.1, -0.05) is 17.7 Å². The van der Waals surface area contributed by atoms with Crippen LogP contribution in [0.1, 0.15) is 33.1 Å². The van der Waals surface area contributed by atoms with Crippen LogP contribution in [-0.2, 0) is 4.79 Å². The lowest BCUT2D eigenvalue weighted by molar-refractivity contribution is -0.112. The minimum atomic E-state index is 0.154. The van der Waals surface area contributed by atoms with Gasteiger partial charge in [0.15, 0.2) is 5.78 Å². The van der Waals surface area contributed by atoms with Crippen LogP contribution in [0.2, 0.25) is 0 Å². The van der Waals surface area contributed by atoms with Crippen LogP contribution in [0.15, 0.2) is 23.8 Å². The van der Waals surface area contributed by atoms with Crippen molar-refractivity contribution in [1.29, 1.82) is 0 Å². The van der Waals surface area contributed by atoms with E-state index in [1.165, 1.54) is 18.4 Å². The summed E-state index contributed by atoms with van der Waals surface area (Å²) in [6.07, 6.45) is 9.51. The highest BCUT2D eigenvalue weighted by Crippen LogP contribution is 2.23. The van der Waals surface area contributed by atoms with Crippen molar-refractivity contribution in [2.24, 2.45) is 5.92 Å². The van der Waals surface area contributed by atoms with Gasteiger partial charge in [0.2, 0.25) is 0 Å². The molecule has 0 heterocycles. The summed E-state index contributed by atoms with van der Waals surface area (Å²) in [5, 5.41) is 0. The molecular weight excluding hydrogens is 148 g/mol. The molecule has 1 unspecified atom stereocenters. The average molecular weight is 164 g/mol. The Labute approximate surface area is 74.2 Å². The molecule has 1 rings (SSSR count). The summed E-state index contributed by atoms with van der Waals surface area (Å²) in [6.45, 7) is 3.77. The number of rotatable bonds is 2. The Hall–Kier alpha value is -0.850. The molecule has 0 radical (unpaired) electrons. The highest BCUT2D eigenvalue weighted by molar-refractivity contribution is 5.87. The summed E-state index contributed by atoms with van der Waals surface area (Å²) < 4.78 is 0. The standard InChI is InChI=1S/C11H16O/c1-9-3-6-11(7-4-9)8-5-10(2)12/h3,5,8,11H,4,6-7H2,1-2H3/b8-5+. The van der Waals surface area contributed by atoms with E-state index >= 15 is 0 Å². The Bertz CT molecular complexity index is 223. The Morgan fingerprint density at radius 2 is 2.42 bits per heavy atom. The third kappa shape index (κ3) is 3.04. The molecule has 0 aliphatic heterocycles. The first kappa shape index (κ1) is 9.24. The fraction of sp³-hybridized carbons (Fsp3) is 0.545. The largest absolute Gasteiger partial charge is 0.295 e. The maximum atomic E-state index is 10.6. The van der Waals surface area contributed by atoms with Crippen molar-refractivity contribution in [2.45, 2.75) is 33.1 Å². The normalized spacial score (nSPS) is 24.2. The molecule has 0 saturated heterocycles. The van der Waals surface area contributed by atoms with Crippen LogP contribution < -0.4 is 0 Å². The van der Waals surface area contributed by atoms with Crippen LogP contribution in [0.25, 0.3) is 0 Å². The molecule has 1 aliphatic carbocycles. The van der Waals surface area contributed by atoms with Gasteiger partial charge in [0.1, 0.15) is 0 Å². The van der Waals surface area contributed by atoms with E-state index in [1.54, 1.807) is 13.0 Å². The molecule has 0 aromatic carbocycles. The van der Waals surface area contributed by atoms with Crippen molar-refractivity contribution < 1.29 is 4.79 Å². The van der Waals surface area contributed by atoms with Crippen molar-refractivity contribution in [2.75, 3.05) is 0 Å². The minimum Gasteiger partial charge on any atom is -0.295 e. The lowest BCUT2D eigenvalue weighted by Gasteiger charge is -2.16. The maximum absolute atomic E-state index is 10.6. The second-order valence-corrected chi connectivity index (χ2v) is 3.55. The number of hydrogen-bond acceptors (Lipinski definition) is 1. The van der Waals surface area contributed by atoms with Crippen LogP contribution in [0.4, 0.5) is 0 Å². The van der Waals surface area contributed by atoms with Crippen molar-refractivity contribution >= 4 is 5.78 Å². The molecule has 1 atom stereocenters. The maximum Gasteiger partial charge on any atom is 0.152 e. The van der Waals surface area contributed by atoms with E-state index < -0.39 is 0 Å². The number of hydrogen-bond donors (Lipinski definition) is 0. The topological polar surface area (TPSA) is 17.1 Å². The minimum absolute atomic E-state index is 0.154. The van der Waals surface area contributed by atoms with Crippen molar-refractivity contribution in [1.82, 2.24) is 0 Å². The second-order valence-electron chi connectivity index (χ2n) is 3.55. The van der Waals surface area contributed by atoms with E-state index in [0.29, 0.717) is 5.92 Å². The summed E-state index contributed by atoms with van der Waals surface area (Å²) in [5.41, 5.74) is 1.49. The van der Waals surface area contributed by atoms with Crippen LogP contribution in [0.3, 0.4) is 0 Å². The van der Waals surface area contributed by atoms with Gasteiger partial charge in [-0.25, -0.2) is 0 Å². The quantitative estimate of drug-likeness (QED) is 0.453. The van der Waals surface area contributed by atoms with E-state index in [-0.39, 0.29) is 5.78 Å². The molecule has 0 aromatic heterocycles. The van der Waals surface area contributed by atoms with Crippen LogP contribution in [0, 0.1) is 5.92 Å². The van der Waals surface area contributed by atoms with E-state index in [0.717, 1.165) is 6.42 Å². The summed E-state index contributed by atoms with van der Waals surface area (Å²) in [5.74, 6) is 0.749. The van der Waals surface area contributed by atoms with Gasteiger partial charge in [-0.05, 0) is 45.1 Å². The van der Waals surface area contributed by atoms with E-state index in [2.05, 4.69) is 13.0 Å². The molecule has 1 nitrogen and oxygen atoms in total. The lowest BCUT2D eigenvalue weighted by atomic mass is 9.90. The Balaban J connectivity index is 2.42. The third-order valence-electron chi connectivity index (χ3n) is 2.28. The molecule has 66 valence electrons. The smallest absolute Gasteiger partial charge is 0.152 e. The lowest BCUT2D eigenvalue weighted by Crippen LogP contribution is -2.01. The van der Waals surface area contributed by atoms with Crippen molar-refractivity contribution in [3.8, 4) is 0 Å². The molecule has 1 aliphatic rings. The fourth-order valence-electron chi connectivity index (χ4n) is 1.43. The molecule has 0 N–H and O–H groups in total. The van der Waals surface area contributed by atoms with Gasteiger partial charge in [-0.2, -0.15) is 0 Å². The fourth-order valence-corrected chi connectivity index (χ4v) is 1.43. The Morgan fingerprint density at radius 3 is 2.92 bits per heavy atom. The molecule has 0 amide bonds. The summed E-state index contributed by atoms with van der Waals surface area (Å²) in [4.78, 5) is 10.6. The highest BCUT2D eigenvalue weighted by atomic mass is 16.1. The van der Waals surface area contributed by atoms with Gasteiger partial charge in [-0.15, -0.1) is 0 Å². The highest BCUT2D eigenvalue weighted by Gasteiger charge is 2.08. The van der Waals surface area contributed by atoms with Crippen molar-refractivity contribution in [3.05, 3.63) is 23.8 Å². The van der Waals surface area contributed by atoms with Crippen LogP contribution >= 0.6 is 0 Å². The van der Waals surface area contributed by atoms with E-state index in [1.807, 2.05) is 6.08 Å². The molecule has 1 heteroatoms. The van der Waals surface area contributed by atoms with Gasteiger partial charge in [-0.3, -0.25) is 4.79 Å². The van der Waals surface area contributed by atoms with Crippen LogP contribution in [0.5, 0.6) is 0 Å². The van der Waals surface area contributed by atoms with Gasteiger partial charge < -0.3 is 0 Å². The first-order chi connectivity index (χ1) is 5.68. The van der Waals surface area contributed by atoms with E-state index in [9.17, 15) is 4.79 Å². The van der Waals surface area contributed by atoms with Gasteiger partial charge in [0, 0.05) is 0 Å². The zero-order valence-electron chi connectivity index (χ0n) is 7.84. The third-order valence-corrected chi connectivity index (χ3v) is 2.28. The Kier molecular flexibility index (Phi) is 3.27. The zero-order valence-corrected chi connectivity index (χ0v) is 7.84. The molecule has 0 fully saturated rings. The predicted octanol–water partition coefficient (Wildman–Crippen LogP) is 2.88. The predicted molar refractivity (Wildman–Crippen MR) is 50.9 cm³/mol. The number of allylic oxidation sites excluding steroid dienone is 4. The monoisotopic (exact) mass is 164 g/mol. The molecule has 0 aromatic rings. The zero-order chi connectivity index (χ0) is 8.97. The van der Waals surface area contributed by atoms with Gasteiger partial charge >= 0.3 is 0 Å². The first-order valence-corrected chi connectivity index (χ1v) is 4.53. The molecular formula is C11H16O. The summed E-state index contributed by atoms with van der Waals surface area (Å²) >= 11 is 0. The van der Waals surface area contributed by atoms with Gasteiger partial charge in [0.05, 0.1) is 0 Å². The van der Waals surface area contributed by atoms with Crippen LogP contribution in [-0.4, -0.2) is 5.78 Å². The number of carbonyl (C=O) groups is 1. The molecule has 0 saturated carbocycles. The van der Waals surface area contributed by atoms with Crippen molar-refractivity contribution in [3.63, 3.8) is 0 Å². The Morgan fingerprint density at radius 1 is 1.67 bits per heavy atom. The summed E-state index contributed by atoms with van der Waals surface area (Å²) in [7, 11) is 0. The summed E-state index contributed by atoms with van der Waals surface area (Å²) in [6, 6.07) is 0. The average Bonchev–Trinajstić information content (AvgIpc) is 2.03. The first-order valence-electron chi connectivity index (χ1n) is 4.53. The molecule has 0 bridgehead atoms. The molecule has 0 spiro atoms. The van der Waals surface area contributed by atoms with E-state index in [4.69, 9.17) is 0 Å².